The van der Waals surface area contributed by atoms with Gasteiger partial charge >= 0.3 is 0 Å². The maximum absolute atomic E-state index is 12.4. The van der Waals surface area contributed by atoms with Crippen LogP contribution in [0.5, 0.6) is 0 Å². The lowest BCUT2D eigenvalue weighted by Crippen LogP contribution is -2.45. The molecular weight excluding hydrogens is 675 g/mol. The van der Waals surface area contributed by atoms with Gasteiger partial charge in [-0.3, -0.25) is 4.79 Å². The number of carbonyl (C=O) groups excluding carboxylic acids is 1. The van der Waals surface area contributed by atoms with Gasteiger partial charge in [-0.05, 0) is 32.1 Å². The standard InChI is InChI=1S/C51H99NO3/c1-3-5-7-9-11-13-15-17-19-21-22-23-24-25-26-27-28-29-31-33-35-37-39-41-43-45-47-51(55)52-49(48-53)50(54)46-44-42-40-38-36-34-32-30-20-18-16-14-12-10-8-6-4-2/h36,38,44,46,49-50,53-54H,3-35,37,39-43,45,47-48H2,1-2H3,(H,52,55)/b38-36+,46-44+. The van der Waals surface area contributed by atoms with Crippen molar-refractivity contribution in [1.29, 1.82) is 0 Å². The van der Waals surface area contributed by atoms with E-state index in [4.69, 9.17) is 0 Å². The number of allylic oxidation sites excluding steroid dienone is 3. The Bertz CT molecular complexity index is 795. The first-order chi connectivity index (χ1) is 27.2. The first kappa shape index (κ1) is 53.9. The molecule has 2 unspecified atom stereocenters. The van der Waals surface area contributed by atoms with Gasteiger partial charge in [-0.25, -0.2) is 0 Å². The average molecular weight is 774 g/mol. The molecule has 4 nitrogen and oxygen atoms in total. The van der Waals surface area contributed by atoms with Gasteiger partial charge in [0, 0.05) is 6.42 Å². The number of aliphatic hydroxyl groups is 2. The molecule has 1 amide bonds. The van der Waals surface area contributed by atoms with E-state index < -0.39 is 12.1 Å². The highest BCUT2D eigenvalue weighted by Crippen LogP contribution is 2.17. The molecule has 0 aliphatic carbocycles. The normalized spacial score (nSPS) is 13.0. The Morgan fingerprint density at radius 3 is 1.05 bits per heavy atom. The lowest BCUT2D eigenvalue weighted by Gasteiger charge is -2.19. The average Bonchev–Trinajstić information content (AvgIpc) is 3.19. The summed E-state index contributed by atoms with van der Waals surface area (Å²) in [7, 11) is 0. The van der Waals surface area contributed by atoms with Crippen molar-refractivity contribution in [3.05, 3.63) is 24.3 Å². The minimum absolute atomic E-state index is 0.0683. The molecule has 326 valence electrons. The van der Waals surface area contributed by atoms with Gasteiger partial charge < -0.3 is 15.5 Å². The van der Waals surface area contributed by atoms with Crippen LogP contribution in [0.15, 0.2) is 24.3 Å². The zero-order valence-corrected chi connectivity index (χ0v) is 37.5. The highest BCUT2D eigenvalue weighted by atomic mass is 16.3. The Balaban J connectivity index is 3.49. The van der Waals surface area contributed by atoms with Crippen LogP contribution in [0.25, 0.3) is 0 Å². The summed E-state index contributed by atoms with van der Waals surface area (Å²) in [6, 6.07) is -0.635. The molecule has 2 atom stereocenters. The second kappa shape index (κ2) is 47.2. The molecule has 0 fully saturated rings. The third kappa shape index (κ3) is 43.8. The van der Waals surface area contributed by atoms with Crippen LogP contribution >= 0.6 is 0 Å². The van der Waals surface area contributed by atoms with E-state index in [1.807, 2.05) is 6.08 Å². The summed E-state index contributed by atoms with van der Waals surface area (Å²) >= 11 is 0. The van der Waals surface area contributed by atoms with Crippen LogP contribution in [0.4, 0.5) is 0 Å². The third-order valence-electron chi connectivity index (χ3n) is 11.7. The number of carbonyl (C=O) groups is 1. The fourth-order valence-corrected chi connectivity index (χ4v) is 7.84. The van der Waals surface area contributed by atoms with Gasteiger partial charge in [-0.2, -0.15) is 0 Å². The van der Waals surface area contributed by atoms with Crippen LogP contribution in [0.3, 0.4) is 0 Å². The van der Waals surface area contributed by atoms with Crippen molar-refractivity contribution >= 4 is 5.91 Å². The molecule has 0 bridgehead atoms. The van der Waals surface area contributed by atoms with Crippen molar-refractivity contribution in [2.45, 2.75) is 289 Å². The van der Waals surface area contributed by atoms with Crippen LogP contribution in [-0.4, -0.2) is 34.9 Å². The molecule has 4 heteroatoms. The predicted octanol–water partition coefficient (Wildman–Crippen LogP) is 16.0. The van der Waals surface area contributed by atoms with Crippen molar-refractivity contribution in [2.75, 3.05) is 6.61 Å². The molecule has 0 aromatic carbocycles. The number of rotatable bonds is 46. The van der Waals surface area contributed by atoms with E-state index in [1.54, 1.807) is 6.08 Å². The molecule has 0 aliphatic heterocycles. The quantitative estimate of drug-likeness (QED) is 0.0426. The summed E-state index contributed by atoms with van der Waals surface area (Å²) < 4.78 is 0. The van der Waals surface area contributed by atoms with E-state index in [1.165, 1.54) is 225 Å². The van der Waals surface area contributed by atoms with Gasteiger partial charge in [0.15, 0.2) is 0 Å². The first-order valence-electron chi connectivity index (χ1n) is 25.1. The highest BCUT2D eigenvalue weighted by Gasteiger charge is 2.17. The second-order valence-electron chi connectivity index (χ2n) is 17.2. The van der Waals surface area contributed by atoms with Gasteiger partial charge in [0.05, 0.1) is 18.8 Å². The Hall–Kier alpha value is -1.13. The zero-order valence-electron chi connectivity index (χ0n) is 37.5. The van der Waals surface area contributed by atoms with Crippen LogP contribution in [0, 0.1) is 0 Å². The fraction of sp³-hybridized carbons (Fsp3) is 0.902. The van der Waals surface area contributed by atoms with Gasteiger partial charge in [0.2, 0.25) is 5.91 Å². The number of unbranched alkanes of at least 4 members (excludes halogenated alkanes) is 37. The van der Waals surface area contributed by atoms with E-state index in [0.29, 0.717) is 6.42 Å². The highest BCUT2D eigenvalue weighted by molar-refractivity contribution is 5.76. The third-order valence-corrected chi connectivity index (χ3v) is 11.7. The maximum atomic E-state index is 12.4. The number of hydrogen-bond acceptors (Lipinski definition) is 3. The van der Waals surface area contributed by atoms with E-state index >= 15 is 0 Å². The Labute approximate surface area is 345 Å². The monoisotopic (exact) mass is 774 g/mol. The molecule has 0 spiro atoms. The Kier molecular flexibility index (Phi) is 46.3. The maximum Gasteiger partial charge on any atom is 0.220 e. The van der Waals surface area contributed by atoms with Crippen LogP contribution < -0.4 is 5.32 Å². The number of nitrogens with one attached hydrogen (secondary N) is 1. The minimum atomic E-state index is -0.858. The summed E-state index contributed by atoms with van der Waals surface area (Å²) in [4.78, 5) is 12.4. The Morgan fingerprint density at radius 1 is 0.418 bits per heavy atom. The van der Waals surface area contributed by atoms with E-state index in [-0.39, 0.29) is 12.5 Å². The summed E-state index contributed by atoms with van der Waals surface area (Å²) in [5.41, 5.74) is 0. The Morgan fingerprint density at radius 2 is 0.709 bits per heavy atom. The lowest BCUT2D eigenvalue weighted by molar-refractivity contribution is -0.123. The van der Waals surface area contributed by atoms with Crippen molar-refractivity contribution in [3.63, 3.8) is 0 Å². The molecule has 0 aromatic rings. The molecule has 0 heterocycles. The van der Waals surface area contributed by atoms with Crippen molar-refractivity contribution < 1.29 is 15.0 Å². The lowest BCUT2D eigenvalue weighted by atomic mass is 10.0. The minimum Gasteiger partial charge on any atom is -0.394 e. The molecule has 0 radical (unpaired) electrons. The molecular formula is C51H99NO3. The molecule has 0 aliphatic rings. The molecule has 0 aromatic heterocycles. The zero-order chi connectivity index (χ0) is 40.0. The molecule has 0 rings (SSSR count). The largest absolute Gasteiger partial charge is 0.394 e. The van der Waals surface area contributed by atoms with E-state index in [9.17, 15) is 15.0 Å². The smallest absolute Gasteiger partial charge is 0.220 e. The van der Waals surface area contributed by atoms with Crippen LogP contribution in [-0.2, 0) is 4.79 Å². The van der Waals surface area contributed by atoms with E-state index in [2.05, 4.69) is 31.3 Å². The van der Waals surface area contributed by atoms with Gasteiger partial charge in [-0.1, -0.05) is 263 Å². The van der Waals surface area contributed by atoms with E-state index in [0.717, 1.165) is 32.1 Å². The predicted molar refractivity (Wildman–Crippen MR) is 244 cm³/mol. The fourth-order valence-electron chi connectivity index (χ4n) is 7.84. The van der Waals surface area contributed by atoms with Crippen molar-refractivity contribution in [3.8, 4) is 0 Å². The summed E-state index contributed by atoms with van der Waals surface area (Å²) in [6.07, 6.45) is 61.7. The summed E-state index contributed by atoms with van der Waals surface area (Å²) in [5.74, 6) is -0.0683. The van der Waals surface area contributed by atoms with Crippen molar-refractivity contribution in [1.82, 2.24) is 5.32 Å². The van der Waals surface area contributed by atoms with Crippen LogP contribution in [0.1, 0.15) is 277 Å². The first-order valence-corrected chi connectivity index (χ1v) is 25.1. The summed E-state index contributed by atoms with van der Waals surface area (Å²) in [6.45, 7) is 4.32. The molecule has 0 saturated heterocycles. The number of amides is 1. The molecule has 55 heavy (non-hydrogen) atoms. The number of hydrogen-bond donors (Lipinski definition) is 3. The topological polar surface area (TPSA) is 69.6 Å². The molecule has 0 saturated carbocycles. The summed E-state index contributed by atoms with van der Waals surface area (Å²) in [5, 5.41) is 23.1. The van der Waals surface area contributed by atoms with Crippen molar-refractivity contribution in [2.24, 2.45) is 0 Å². The second-order valence-corrected chi connectivity index (χ2v) is 17.2. The number of aliphatic hydroxyl groups excluding tert-OH is 2. The SMILES string of the molecule is CCCCCCCCCCCCC/C=C/CC/C=C/C(O)C(CO)NC(=O)CCCCCCCCCCCCCCCCCCCCCCCCCCCC. The van der Waals surface area contributed by atoms with Gasteiger partial charge in [0.25, 0.3) is 0 Å². The van der Waals surface area contributed by atoms with Gasteiger partial charge in [-0.15, -0.1) is 0 Å². The van der Waals surface area contributed by atoms with Gasteiger partial charge in [0.1, 0.15) is 0 Å². The van der Waals surface area contributed by atoms with Crippen LogP contribution in [0.2, 0.25) is 0 Å². The molecule has 3 N–H and O–H groups in total.